The van der Waals surface area contributed by atoms with Crippen LogP contribution in [0.1, 0.15) is 10.8 Å². The summed E-state index contributed by atoms with van der Waals surface area (Å²) in [7, 11) is 0. The van der Waals surface area contributed by atoms with Gasteiger partial charge in [0.15, 0.2) is 0 Å². The summed E-state index contributed by atoms with van der Waals surface area (Å²) in [6.45, 7) is 0. The van der Waals surface area contributed by atoms with Crippen molar-refractivity contribution in [3.05, 3.63) is 35.9 Å². The second-order valence-corrected chi connectivity index (χ2v) is 2.55. The zero-order valence-corrected chi connectivity index (χ0v) is 6.29. The minimum absolute atomic E-state index is 0.277. The lowest BCUT2D eigenvalue weighted by Crippen LogP contribution is -1.89. The molecule has 0 N–H and O–H groups in total. The fraction of sp³-hybridized carbons (Fsp3) is 0.125. The van der Waals surface area contributed by atoms with Gasteiger partial charge in [0, 0.05) is 0 Å². The zero-order chi connectivity index (χ0) is 7.40. The maximum atomic E-state index is 10.2. The first-order valence-electron chi connectivity index (χ1n) is 3.03. The summed E-state index contributed by atoms with van der Waals surface area (Å²) in [5.74, 6) is 0. The smallest absolute Gasteiger partial charge is 0.137 e. The molecule has 1 nitrogen and oxygen atoms in total. The largest absolute Gasteiger partial charge is 0.302 e. The molecule has 0 fully saturated rings. The van der Waals surface area contributed by atoms with Gasteiger partial charge in [0.25, 0.3) is 0 Å². The van der Waals surface area contributed by atoms with E-state index in [9.17, 15) is 4.79 Å². The summed E-state index contributed by atoms with van der Waals surface area (Å²) in [5.41, 5.74) is 0.945. The molecule has 1 rings (SSSR count). The first-order chi connectivity index (χ1) is 4.84. The lowest BCUT2D eigenvalue weighted by Gasteiger charge is -1.99. The maximum absolute atomic E-state index is 10.2. The van der Waals surface area contributed by atoms with Crippen molar-refractivity contribution in [3.63, 3.8) is 0 Å². The highest BCUT2D eigenvalue weighted by Crippen LogP contribution is 2.15. The van der Waals surface area contributed by atoms with Gasteiger partial charge in [-0.05, 0) is 5.56 Å². The van der Waals surface area contributed by atoms with Crippen molar-refractivity contribution in [3.8, 4) is 0 Å². The molecule has 0 heterocycles. The summed E-state index contributed by atoms with van der Waals surface area (Å²) >= 11 is 4.05. The Labute approximate surface area is 65.5 Å². The molecule has 0 bridgehead atoms. The van der Waals surface area contributed by atoms with Crippen molar-refractivity contribution in [2.24, 2.45) is 0 Å². The van der Waals surface area contributed by atoms with Crippen molar-refractivity contribution in [1.82, 2.24) is 0 Å². The lowest BCUT2D eigenvalue weighted by atomic mass is 10.2. The highest BCUT2D eigenvalue weighted by atomic mass is 32.1. The van der Waals surface area contributed by atoms with E-state index in [0.717, 1.165) is 11.8 Å². The van der Waals surface area contributed by atoms with Gasteiger partial charge < -0.3 is 4.79 Å². The van der Waals surface area contributed by atoms with Gasteiger partial charge in [0.2, 0.25) is 0 Å². The van der Waals surface area contributed by atoms with Gasteiger partial charge in [-0.2, -0.15) is 12.6 Å². The van der Waals surface area contributed by atoms with E-state index >= 15 is 0 Å². The summed E-state index contributed by atoms with van der Waals surface area (Å²) in [5, 5.41) is -0.277. The van der Waals surface area contributed by atoms with Crippen LogP contribution in [-0.2, 0) is 4.79 Å². The van der Waals surface area contributed by atoms with E-state index in [2.05, 4.69) is 12.6 Å². The summed E-state index contributed by atoms with van der Waals surface area (Å²) < 4.78 is 0. The van der Waals surface area contributed by atoms with E-state index < -0.39 is 0 Å². The van der Waals surface area contributed by atoms with Gasteiger partial charge >= 0.3 is 0 Å². The molecular formula is C8H8OS. The molecule has 0 spiro atoms. The molecule has 2 heteroatoms. The molecule has 1 atom stereocenters. The van der Waals surface area contributed by atoms with Crippen LogP contribution in [0, 0.1) is 0 Å². The zero-order valence-electron chi connectivity index (χ0n) is 5.40. The molecule has 0 aliphatic carbocycles. The molecule has 0 saturated heterocycles. The first kappa shape index (κ1) is 7.35. The molecule has 10 heavy (non-hydrogen) atoms. The highest BCUT2D eigenvalue weighted by Gasteiger charge is 2.00. The van der Waals surface area contributed by atoms with Crippen LogP contribution in [0.25, 0.3) is 0 Å². The second kappa shape index (κ2) is 3.42. The van der Waals surface area contributed by atoms with Crippen LogP contribution in [0.3, 0.4) is 0 Å². The third kappa shape index (κ3) is 1.61. The van der Waals surface area contributed by atoms with Crippen molar-refractivity contribution in [1.29, 1.82) is 0 Å². The fourth-order valence-electron chi connectivity index (χ4n) is 0.729. The van der Waals surface area contributed by atoms with Gasteiger partial charge in [0.1, 0.15) is 6.29 Å². The predicted octanol–water partition coefficient (Wildman–Crippen LogP) is 1.86. The predicted molar refractivity (Wildman–Crippen MR) is 44.2 cm³/mol. The summed E-state index contributed by atoms with van der Waals surface area (Å²) in [6, 6.07) is 9.46. The quantitative estimate of drug-likeness (QED) is 0.505. The normalized spacial score (nSPS) is 12.5. The molecule has 0 aliphatic rings. The van der Waals surface area contributed by atoms with Gasteiger partial charge in [-0.15, -0.1) is 0 Å². The number of hydrogen-bond acceptors (Lipinski definition) is 2. The first-order valence-corrected chi connectivity index (χ1v) is 3.54. The number of carbonyl (C=O) groups excluding carboxylic acids is 1. The second-order valence-electron chi connectivity index (χ2n) is 1.99. The van der Waals surface area contributed by atoms with Crippen molar-refractivity contribution in [2.45, 2.75) is 5.25 Å². The van der Waals surface area contributed by atoms with E-state index in [0.29, 0.717) is 0 Å². The van der Waals surface area contributed by atoms with Gasteiger partial charge in [0.05, 0.1) is 5.25 Å². The van der Waals surface area contributed by atoms with E-state index in [1.165, 1.54) is 0 Å². The third-order valence-corrected chi connectivity index (χ3v) is 1.69. The van der Waals surface area contributed by atoms with Crippen molar-refractivity contribution in [2.75, 3.05) is 0 Å². The Hall–Kier alpha value is -0.760. The molecule has 0 aromatic heterocycles. The molecule has 1 aromatic rings. The van der Waals surface area contributed by atoms with Crippen LogP contribution in [-0.4, -0.2) is 6.29 Å². The molecule has 0 radical (unpaired) electrons. The van der Waals surface area contributed by atoms with E-state index in [-0.39, 0.29) is 5.25 Å². The molecule has 0 aliphatic heterocycles. The Morgan fingerprint density at radius 3 is 2.40 bits per heavy atom. The number of carbonyl (C=O) groups is 1. The Morgan fingerprint density at radius 1 is 1.30 bits per heavy atom. The topological polar surface area (TPSA) is 17.1 Å². The van der Waals surface area contributed by atoms with Gasteiger partial charge in [-0.3, -0.25) is 0 Å². The average molecular weight is 152 g/mol. The summed E-state index contributed by atoms with van der Waals surface area (Å²) in [6.07, 6.45) is 0.818. The average Bonchev–Trinajstić information content (AvgIpc) is 2.05. The van der Waals surface area contributed by atoms with E-state index in [1.54, 1.807) is 0 Å². The van der Waals surface area contributed by atoms with Crippen LogP contribution in [0.15, 0.2) is 30.3 Å². The third-order valence-electron chi connectivity index (χ3n) is 1.27. The van der Waals surface area contributed by atoms with Crippen molar-refractivity contribution < 1.29 is 4.79 Å². The van der Waals surface area contributed by atoms with E-state index in [4.69, 9.17) is 0 Å². The van der Waals surface area contributed by atoms with Crippen LogP contribution < -0.4 is 0 Å². The van der Waals surface area contributed by atoms with Crippen LogP contribution in [0.2, 0.25) is 0 Å². The Balaban J connectivity index is 2.84. The maximum Gasteiger partial charge on any atom is 0.137 e. The molecule has 1 unspecified atom stereocenters. The van der Waals surface area contributed by atoms with Crippen LogP contribution >= 0.6 is 12.6 Å². The number of aldehydes is 1. The SMILES string of the molecule is O=CC(S)c1ccccc1. The molecule has 52 valence electrons. The van der Waals surface area contributed by atoms with Crippen LogP contribution in [0.5, 0.6) is 0 Å². The Kier molecular flexibility index (Phi) is 2.51. The minimum atomic E-state index is -0.277. The number of hydrogen-bond donors (Lipinski definition) is 1. The minimum Gasteiger partial charge on any atom is -0.302 e. The monoisotopic (exact) mass is 152 g/mol. The van der Waals surface area contributed by atoms with E-state index in [1.807, 2.05) is 30.3 Å². The Bertz CT molecular complexity index is 208. The molecule has 0 amide bonds. The summed E-state index contributed by atoms with van der Waals surface area (Å²) in [4.78, 5) is 10.2. The fourth-order valence-corrected chi connectivity index (χ4v) is 0.901. The Morgan fingerprint density at radius 2 is 1.90 bits per heavy atom. The number of rotatable bonds is 2. The molecule has 1 aromatic carbocycles. The van der Waals surface area contributed by atoms with Crippen LogP contribution in [0.4, 0.5) is 0 Å². The highest BCUT2D eigenvalue weighted by molar-refractivity contribution is 7.81. The van der Waals surface area contributed by atoms with Crippen molar-refractivity contribution >= 4 is 18.9 Å². The standard InChI is InChI=1S/C8H8OS/c9-6-8(10)7-4-2-1-3-5-7/h1-6,8,10H. The number of thiol groups is 1. The molecule has 0 saturated carbocycles. The number of benzene rings is 1. The van der Waals surface area contributed by atoms with Gasteiger partial charge in [-0.1, -0.05) is 30.3 Å². The van der Waals surface area contributed by atoms with Gasteiger partial charge in [-0.25, -0.2) is 0 Å². The lowest BCUT2D eigenvalue weighted by molar-refractivity contribution is -0.107. The molecular weight excluding hydrogens is 144 g/mol.